The number of fused-ring (bicyclic) bond motifs is 1. The molecule has 0 aliphatic heterocycles. The summed E-state index contributed by atoms with van der Waals surface area (Å²) in [5, 5.41) is 24.7. The van der Waals surface area contributed by atoms with E-state index in [0.717, 1.165) is 16.5 Å². The molecule has 0 bridgehead atoms. The maximum Gasteiger partial charge on any atom is 0.326 e. The minimum Gasteiger partial charge on any atom is -0.480 e. The van der Waals surface area contributed by atoms with Crippen LogP contribution in [0.15, 0.2) is 30.5 Å². The van der Waals surface area contributed by atoms with Crippen LogP contribution in [0.1, 0.15) is 52.5 Å². The molecule has 1 heterocycles. The molecule has 19 heteroatoms. The van der Waals surface area contributed by atoms with Crippen LogP contribution in [0.4, 0.5) is 0 Å². The molecule has 53 heavy (non-hydrogen) atoms. The van der Waals surface area contributed by atoms with Gasteiger partial charge in [-0.05, 0) is 23.5 Å². The zero-order valence-corrected chi connectivity index (χ0v) is 31.1. The zero-order chi connectivity index (χ0) is 39.8. The Bertz CT molecular complexity index is 1640. The van der Waals surface area contributed by atoms with Crippen molar-refractivity contribution in [2.45, 2.75) is 83.6 Å². The number of aliphatic carboxylic acids is 1. The molecule has 1 aromatic heterocycles. The summed E-state index contributed by atoms with van der Waals surface area (Å²) >= 11 is 4.00. The molecule has 0 spiro atoms. The third-order valence-corrected chi connectivity index (χ3v) is 9.17. The molecule has 0 saturated heterocycles. The third-order valence-electron chi connectivity index (χ3n) is 8.80. The number of carboxylic acid groups (broad SMARTS) is 1. The second-order valence-electron chi connectivity index (χ2n) is 12.8. The summed E-state index contributed by atoms with van der Waals surface area (Å²) in [4.78, 5) is 103. The number of primary amides is 1. The lowest BCUT2D eigenvalue weighted by Gasteiger charge is -2.25. The Kier molecular flexibility index (Phi) is 17.7. The summed E-state index contributed by atoms with van der Waals surface area (Å²) in [5.41, 5.74) is 12.8. The van der Waals surface area contributed by atoms with E-state index in [9.17, 15) is 43.5 Å². The number of hydrogen-bond donors (Lipinski definition) is 11. The normalized spacial score (nSPS) is 15.0. The largest absolute Gasteiger partial charge is 0.480 e. The summed E-state index contributed by atoms with van der Waals surface area (Å²) in [7, 11) is 0. The second-order valence-corrected chi connectivity index (χ2v) is 13.1. The summed E-state index contributed by atoms with van der Waals surface area (Å²) in [5.74, 6) is -7.66. The number of thiol groups is 1. The van der Waals surface area contributed by atoms with Crippen LogP contribution in [0, 0.1) is 11.8 Å². The average molecular weight is 762 g/mol. The monoisotopic (exact) mass is 761 g/mol. The number of para-hydroxylation sites is 1. The first-order valence-electron chi connectivity index (χ1n) is 17.2. The summed E-state index contributed by atoms with van der Waals surface area (Å²) in [6.07, 6.45) is 2.25. The van der Waals surface area contributed by atoms with Gasteiger partial charge in [0.1, 0.15) is 24.2 Å². The first kappa shape index (κ1) is 44.0. The number of nitrogens with two attached hydrogens (primary N) is 2. The van der Waals surface area contributed by atoms with Crippen LogP contribution in [0.2, 0.25) is 0 Å². The highest BCUT2D eigenvalue weighted by Crippen LogP contribution is 2.19. The SMILES string of the molecule is CC[C@H](C)[C@H](N)C(=O)N[C@@H](Cc1c[nH]c2ccccc12)C(=O)NCC(=O)N[C@H](C(=O)NCC(=O)N[C@@H](CS)C(=O)N[C@@H](CC(N)=O)C(=O)O)[C@@H](C)CC. The Balaban J connectivity index is 2.05. The van der Waals surface area contributed by atoms with Gasteiger partial charge in [-0.25, -0.2) is 4.79 Å². The topological polar surface area (TPSA) is 297 Å². The Morgan fingerprint density at radius 3 is 1.94 bits per heavy atom. The molecule has 7 atom stereocenters. The fourth-order valence-corrected chi connectivity index (χ4v) is 5.37. The number of carbonyl (C=O) groups is 8. The zero-order valence-electron chi connectivity index (χ0n) is 30.2. The van der Waals surface area contributed by atoms with E-state index in [2.05, 4.69) is 49.5 Å². The molecule has 0 radical (unpaired) electrons. The molecule has 18 nitrogen and oxygen atoms in total. The van der Waals surface area contributed by atoms with E-state index >= 15 is 0 Å². The Hall–Kier alpha value is -5.17. The smallest absolute Gasteiger partial charge is 0.326 e. The minimum absolute atomic E-state index is 0.0969. The lowest BCUT2D eigenvalue weighted by Crippen LogP contribution is -2.57. The molecule has 12 N–H and O–H groups in total. The lowest BCUT2D eigenvalue weighted by molar-refractivity contribution is -0.143. The van der Waals surface area contributed by atoms with Crippen molar-refractivity contribution < 1.29 is 43.5 Å². The molecule has 1 aromatic carbocycles. The number of aromatic nitrogens is 1. The molecular weight excluding hydrogens is 710 g/mol. The summed E-state index contributed by atoms with van der Waals surface area (Å²) in [6.45, 7) is 6.04. The van der Waals surface area contributed by atoms with Crippen molar-refractivity contribution in [3.63, 3.8) is 0 Å². The van der Waals surface area contributed by atoms with Crippen molar-refractivity contribution >= 4 is 70.9 Å². The Morgan fingerprint density at radius 1 is 0.774 bits per heavy atom. The summed E-state index contributed by atoms with van der Waals surface area (Å²) < 4.78 is 0. The maximum absolute atomic E-state index is 13.4. The third kappa shape index (κ3) is 13.7. The van der Waals surface area contributed by atoms with E-state index in [4.69, 9.17) is 11.5 Å². The van der Waals surface area contributed by atoms with Gasteiger partial charge in [0.25, 0.3) is 0 Å². The van der Waals surface area contributed by atoms with Crippen molar-refractivity contribution in [2.75, 3.05) is 18.8 Å². The number of carboxylic acids is 1. The van der Waals surface area contributed by atoms with E-state index in [1.807, 2.05) is 38.1 Å². The van der Waals surface area contributed by atoms with Gasteiger partial charge in [-0.1, -0.05) is 58.7 Å². The molecule has 0 aliphatic rings. The van der Waals surface area contributed by atoms with Crippen molar-refractivity contribution in [3.8, 4) is 0 Å². The molecule has 7 amide bonds. The van der Waals surface area contributed by atoms with Gasteiger partial charge in [-0.3, -0.25) is 33.6 Å². The minimum atomic E-state index is -1.62. The molecule has 2 rings (SSSR count). The lowest BCUT2D eigenvalue weighted by atomic mass is 9.98. The molecule has 0 saturated carbocycles. The van der Waals surface area contributed by atoms with Crippen LogP contribution in [-0.4, -0.2) is 106 Å². The number of hydrogen-bond acceptors (Lipinski definition) is 10. The molecule has 292 valence electrons. The molecule has 0 aliphatic carbocycles. The van der Waals surface area contributed by atoms with Crippen LogP contribution in [0.25, 0.3) is 10.9 Å². The fraction of sp³-hybridized carbons (Fsp3) is 0.529. The van der Waals surface area contributed by atoms with E-state index < -0.39 is 103 Å². The van der Waals surface area contributed by atoms with Gasteiger partial charge in [-0.2, -0.15) is 12.6 Å². The van der Waals surface area contributed by atoms with Crippen molar-refractivity contribution in [1.82, 2.24) is 36.9 Å². The highest BCUT2D eigenvalue weighted by molar-refractivity contribution is 7.80. The Morgan fingerprint density at radius 2 is 1.36 bits per heavy atom. The van der Waals surface area contributed by atoms with Crippen LogP contribution < -0.4 is 43.4 Å². The van der Waals surface area contributed by atoms with Gasteiger partial charge in [-0.15, -0.1) is 0 Å². The van der Waals surface area contributed by atoms with Gasteiger partial charge in [0.05, 0.1) is 25.6 Å². The first-order chi connectivity index (χ1) is 25.0. The van der Waals surface area contributed by atoms with Gasteiger partial charge < -0.3 is 53.5 Å². The van der Waals surface area contributed by atoms with E-state index in [0.29, 0.717) is 12.8 Å². The van der Waals surface area contributed by atoms with E-state index in [1.54, 1.807) is 20.0 Å². The number of benzene rings is 1. The number of amides is 7. The maximum atomic E-state index is 13.4. The second kappa shape index (κ2) is 21.4. The molecular formula is C34H51N9O9S. The predicted molar refractivity (Wildman–Crippen MR) is 198 cm³/mol. The first-order valence-corrected chi connectivity index (χ1v) is 17.8. The number of H-pyrrole nitrogens is 1. The van der Waals surface area contributed by atoms with Crippen LogP contribution in [-0.2, 0) is 44.8 Å². The van der Waals surface area contributed by atoms with Gasteiger partial charge >= 0.3 is 5.97 Å². The van der Waals surface area contributed by atoms with Gasteiger partial charge in [0.15, 0.2) is 0 Å². The highest BCUT2D eigenvalue weighted by Gasteiger charge is 2.31. The number of carbonyl (C=O) groups excluding carboxylic acids is 7. The van der Waals surface area contributed by atoms with E-state index in [1.165, 1.54) is 0 Å². The average Bonchev–Trinajstić information content (AvgIpc) is 3.54. The number of nitrogens with one attached hydrogen (secondary N) is 7. The molecule has 2 aromatic rings. The number of aromatic amines is 1. The highest BCUT2D eigenvalue weighted by atomic mass is 32.1. The standard InChI is InChI=1S/C34H51N9O9S/c1-5-17(3)28(36)32(49)41-22(11-19-13-37-21-10-8-7-9-20(19)21)30(47)38-15-27(46)43-29(18(4)6-2)33(50)39-14-26(45)40-24(16-53)31(48)42-23(34(51)52)12-25(35)44/h7-10,13,17-18,22-24,28-29,37,53H,5-6,11-12,14-16,36H2,1-4H3,(H2,35,44)(H,38,47)(H,39,50)(H,40,45)(H,41,49)(H,42,48)(H,43,46)(H,51,52)/t17-,18-,22-,23-,24-,28-,29-/m0/s1. The fourth-order valence-electron chi connectivity index (χ4n) is 5.12. The summed E-state index contributed by atoms with van der Waals surface area (Å²) in [6, 6.07) is 1.44. The van der Waals surface area contributed by atoms with Crippen molar-refractivity contribution in [1.29, 1.82) is 0 Å². The van der Waals surface area contributed by atoms with Crippen LogP contribution >= 0.6 is 12.6 Å². The quantitative estimate of drug-likeness (QED) is 0.0598. The van der Waals surface area contributed by atoms with Gasteiger partial charge in [0, 0.05) is 29.3 Å². The van der Waals surface area contributed by atoms with E-state index in [-0.39, 0.29) is 18.1 Å². The van der Waals surface area contributed by atoms with Gasteiger partial charge in [0.2, 0.25) is 41.4 Å². The Labute approximate surface area is 312 Å². The predicted octanol–water partition coefficient (Wildman–Crippen LogP) is -1.81. The molecule has 0 fully saturated rings. The van der Waals surface area contributed by atoms with Crippen LogP contribution in [0.3, 0.4) is 0 Å². The number of rotatable bonds is 22. The van der Waals surface area contributed by atoms with Crippen LogP contribution in [0.5, 0.6) is 0 Å². The van der Waals surface area contributed by atoms with Crippen molar-refractivity contribution in [3.05, 3.63) is 36.0 Å². The molecule has 0 unspecified atom stereocenters. The van der Waals surface area contributed by atoms with Crippen molar-refractivity contribution in [2.24, 2.45) is 23.3 Å².